The predicted octanol–water partition coefficient (Wildman–Crippen LogP) is 2.52. The van der Waals surface area contributed by atoms with Crippen LogP contribution in [-0.2, 0) is 0 Å². The van der Waals surface area contributed by atoms with E-state index >= 15 is 0 Å². The molecule has 0 amide bonds. The predicted molar refractivity (Wildman–Crippen MR) is 46.1 cm³/mol. The lowest BCUT2D eigenvalue weighted by atomic mass is 10.5. The van der Waals surface area contributed by atoms with Crippen molar-refractivity contribution in [2.75, 3.05) is 5.75 Å². The summed E-state index contributed by atoms with van der Waals surface area (Å²) in [5, 5.41) is 0. The van der Waals surface area contributed by atoms with Crippen molar-refractivity contribution in [3.8, 4) is 0 Å². The fourth-order valence-electron chi connectivity index (χ4n) is 0.276. The monoisotopic (exact) mass is 245 g/mol. The molecular weight excluding hydrogens is 241 g/mol. The van der Waals surface area contributed by atoms with Gasteiger partial charge in [-0.3, -0.25) is 0 Å². The average Bonchev–Trinajstić information content (AvgIpc) is 1.69. The van der Waals surface area contributed by atoms with E-state index in [4.69, 9.17) is 0 Å². The van der Waals surface area contributed by atoms with E-state index in [9.17, 15) is 0 Å². The van der Waals surface area contributed by atoms with Crippen molar-refractivity contribution in [1.82, 2.24) is 0 Å². The first-order chi connectivity index (χ1) is 3.39. The van der Waals surface area contributed by atoms with E-state index in [1.165, 1.54) is 9.47 Å². The van der Waals surface area contributed by atoms with E-state index in [0.29, 0.717) is 0 Å². The molecule has 0 fully saturated rings. The van der Waals surface area contributed by atoms with Crippen molar-refractivity contribution in [3.63, 3.8) is 0 Å². The van der Waals surface area contributed by atoms with Crippen molar-refractivity contribution in [1.29, 1.82) is 0 Å². The molecule has 1 rings (SSSR count). The van der Waals surface area contributed by atoms with Crippen LogP contribution in [0.5, 0.6) is 0 Å². The maximum Gasteiger partial charge on any atom is 0.0885 e. The molecule has 1 heterocycles. The van der Waals surface area contributed by atoms with Crippen LogP contribution in [0.15, 0.2) is 4.40 Å². The van der Waals surface area contributed by atoms with Crippen LogP contribution in [0.3, 0.4) is 0 Å². The highest BCUT2D eigenvalue weighted by Gasteiger charge is 2.00. The van der Waals surface area contributed by atoms with Gasteiger partial charge in [-0.15, -0.1) is 0 Å². The number of hydrogen-bond acceptors (Lipinski definition) is 3. The van der Waals surface area contributed by atoms with Crippen LogP contribution in [0.25, 0.3) is 0 Å². The molecule has 4 heteroatoms. The zero-order valence-corrected chi connectivity index (χ0v) is 7.35. The maximum absolute atomic E-state index is 4.11. The highest BCUT2D eigenvalue weighted by atomic mass is 127. The van der Waals surface area contributed by atoms with Gasteiger partial charge in [0, 0.05) is 23.2 Å². The Kier molecular flexibility index (Phi) is 2.84. The van der Waals surface area contributed by atoms with Crippen LogP contribution in [0, 0.1) is 0 Å². The van der Waals surface area contributed by atoms with Crippen LogP contribution >= 0.6 is 44.4 Å². The van der Waals surface area contributed by atoms with Crippen molar-refractivity contribution < 1.29 is 0 Å². The Morgan fingerprint density at radius 1 is 1.71 bits per heavy atom. The molecule has 1 aliphatic rings. The van der Waals surface area contributed by atoms with Crippen molar-refractivity contribution in [2.24, 2.45) is 4.40 Å². The topological polar surface area (TPSA) is 12.4 Å². The van der Waals surface area contributed by atoms with Crippen molar-refractivity contribution in [2.45, 2.75) is 6.42 Å². The molecular formula is C3H4INS2. The second-order valence-corrected chi connectivity index (χ2v) is 4.49. The first-order valence-electron chi connectivity index (χ1n) is 1.90. The maximum atomic E-state index is 4.11. The number of rotatable bonds is 0. The standard InChI is InChI=1S/C3H4INS2/c4-3-1-2-6-7-5-3/h1-2H2. The van der Waals surface area contributed by atoms with E-state index in [1.54, 1.807) is 11.0 Å². The minimum atomic E-state index is 1.16. The van der Waals surface area contributed by atoms with Gasteiger partial charge in [-0.05, 0) is 22.6 Å². The summed E-state index contributed by atoms with van der Waals surface area (Å²) in [7, 11) is 3.42. The van der Waals surface area contributed by atoms with E-state index in [1.807, 2.05) is 10.8 Å². The van der Waals surface area contributed by atoms with E-state index in [0.717, 1.165) is 6.42 Å². The van der Waals surface area contributed by atoms with Crippen molar-refractivity contribution in [3.05, 3.63) is 0 Å². The van der Waals surface area contributed by atoms with E-state index < -0.39 is 0 Å². The van der Waals surface area contributed by atoms with E-state index in [-0.39, 0.29) is 0 Å². The molecule has 7 heavy (non-hydrogen) atoms. The zero-order chi connectivity index (χ0) is 5.11. The van der Waals surface area contributed by atoms with Crippen molar-refractivity contribution >= 4 is 48.1 Å². The van der Waals surface area contributed by atoms with Crippen LogP contribution in [0.4, 0.5) is 0 Å². The summed E-state index contributed by atoms with van der Waals surface area (Å²) in [6.45, 7) is 0. The highest BCUT2D eigenvalue weighted by molar-refractivity contribution is 14.1. The van der Waals surface area contributed by atoms with Gasteiger partial charge in [-0.25, -0.2) is 4.40 Å². The molecule has 40 valence electrons. The fourth-order valence-corrected chi connectivity index (χ4v) is 3.09. The molecule has 0 saturated heterocycles. The Morgan fingerprint density at radius 2 is 2.57 bits per heavy atom. The first-order valence-corrected chi connectivity index (χ1v) is 5.26. The van der Waals surface area contributed by atoms with Gasteiger partial charge >= 0.3 is 0 Å². The third kappa shape index (κ3) is 2.23. The van der Waals surface area contributed by atoms with E-state index in [2.05, 4.69) is 27.0 Å². The quantitative estimate of drug-likeness (QED) is 0.369. The molecule has 0 N–H and O–H groups in total. The van der Waals surface area contributed by atoms with Gasteiger partial charge in [-0.1, -0.05) is 10.8 Å². The lowest BCUT2D eigenvalue weighted by Crippen LogP contribution is -1.89. The third-order valence-corrected chi connectivity index (χ3v) is 3.50. The van der Waals surface area contributed by atoms with Gasteiger partial charge in [0.15, 0.2) is 0 Å². The molecule has 1 nitrogen and oxygen atoms in total. The minimum Gasteiger partial charge on any atom is -0.203 e. The van der Waals surface area contributed by atoms with Crippen LogP contribution in [-0.4, -0.2) is 9.47 Å². The number of nitrogens with zero attached hydrogens (tertiary/aromatic N) is 1. The molecule has 0 aromatic rings. The van der Waals surface area contributed by atoms with Gasteiger partial charge in [0.1, 0.15) is 0 Å². The summed E-state index contributed by atoms with van der Waals surface area (Å²) in [6, 6.07) is 0. The van der Waals surface area contributed by atoms with Crippen LogP contribution < -0.4 is 0 Å². The normalized spacial score (nSPS) is 21.6. The summed E-state index contributed by atoms with van der Waals surface area (Å²) >= 11 is 2.27. The molecule has 0 unspecified atom stereocenters. The Balaban J connectivity index is 2.40. The summed E-state index contributed by atoms with van der Waals surface area (Å²) < 4.78 is 5.36. The largest absolute Gasteiger partial charge is 0.203 e. The fraction of sp³-hybridized carbons (Fsp3) is 0.667. The molecule has 0 saturated carbocycles. The molecule has 0 atom stereocenters. The number of hydrogen-bond donors (Lipinski definition) is 0. The van der Waals surface area contributed by atoms with Gasteiger partial charge in [0.25, 0.3) is 0 Å². The third-order valence-electron chi connectivity index (χ3n) is 0.581. The molecule has 0 aromatic carbocycles. The second kappa shape index (κ2) is 3.19. The summed E-state index contributed by atoms with van der Waals surface area (Å²) in [5.74, 6) is 1.23. The Morgan fingerprint density at radius 3 is 2.86 bits per heavy atom. The van der Waals surface area contributed by atoms with Gasteiger partial charge in [0.05, 0.1) is 3.72 Å². The Hall–Kier alpha value is 1.10. The van der Waals surface area contributed by atoms with Crippen LogP contribution in [0.2, 0.25) is 0 Å². The molecule has 0 aromatic heterocycles. The van der Waals surface area contributed by atoms with Crippen LogP contribution in [0.1, 0.15) is 6.42 Å². The summed E-state index contributed by atoms with van der Waals surface area (Å²) in [6.07, 6.45) is 1.16. The Bertz CT molecular complexity index is 92.9. The average molecular weight is 245 g/mol. The molecule has 0 radical (unpaired) electrons. The molecule has 0 bridgehead atoms. The number of halogens is 1. The van der Waals surface area contributed by atoms with Gasteiger partial charge in [0.2, 0.25) is 0 Å². The summed E-state index contributed by atoms with van der Waals surface area (Å²) in [5.41, 5.74) is 0. The zero-order valence-electron chi connectivity index (χ0n) is 3.56. The lowest BCUT2D eigenvalue weighted by Gasteiger charge is -2.01. The minimum absolute atomic E-state index is 1.16. The second-order valence-electron chi connectivity index (χ2n) is 1.11. The highest BCUT2D eigenvalue weighted by Crippen LogP contribution is 2.29. The summed E-state index contributed by atoms with van der Waals surface area (Å²) in [4.78, 5) is 0. The Labute approximate surface area is 64.4 Å². The molecule has 0 aliphatic carbocycles. The van der Waals surface area contributed by atoms with Gasteiger partial charge < -0.3 is 0 Å². The lowest BCUT2D eigenvalue weighted by molar-refractivity contribution is 1.35. The first kappa shape index (κ1) is 6.22. The smallest absolute Gasteiger partial charge is 0.0885 e. The van der Waals surface area contributed by atoms with Gasteiger partial charge in [-0.2, -0.15) is 0 Å². The SMILES string of the molecule is IC1=NSSCC1. The molecule has 0 spiro atoms. The molecule has 1 aliphatic heterocycles.